The first-order valence-corrected chi connectivity index (χ1v) is 11.1. The summed E-state index contributed by atoms with van der Waals surface area (Å²) in [6.45, 7) is 13.9. The SMILES string of the molecule is CC[C@@H](N(NC(=O)c1cccc(OCCO)c1C)C(=O)c1cc(C)cc(C)c1)C(C)(C)C. The molecule has 0 aliphatic heterocycles. The van der Waals surface area contributed by atoms with Crippen LogP contribution in [0.15, 0.2) is 36.4 Å². The van der Waals surface area contributed by atoms with Gasteiger partial charge in [0.05, 0.1) is 12.6 Å². The number of aliphatic hydroxyl groups excluding tert-OH is 1. The van der Waals surface area contributed by atoms with E-state index in [2.05, 4.69) is 26.2 Å². The number of amides is 2. The van der Waals surface area contributed by atoms with Crippen molar-refractivity contribution in [2.75, 3.05) is 13.2 Å². The van der Waals surface area contributed by atoms with E-state index in [1.54, 1.807) is 25.1 Å². The number of nitrogens with one attached hydrogen (secondary N) is 1. The highest BCUT2D eigenvalue weighted by Gasteiger charge is 2.34. The van der Waals surface area contributed by atoms with E-state index in [1.807, 2.05) is 39.0 Å². The third-order valence-corrected chi connectivity index (χ3v) is 5.49. The van der Waals surface area contributed by atoms with Crippen molar-refractivity contribution in [3.8, 4) is 5.75 Å². The number of nitrogens with zero attached hydrogens (tertiary/aromatic N) is 1. The summed E-state index contributed by atoms with van der Waals surface area (Å²) in [5, 5.41) is 10.5. The second-order valence-electron chi connectivity index (χ2n) is 9.28. The second-order valence-corrected chi connectivity index (χ2v) is 9.28. The first-order valence-electron chi connectivity index (χ1n) is 11.1. The summed E-state index contributed by atoms with van der Waals surface area (Å²) in [7, 11) is 0. The van der Waals surface area contributed by atoms with E-state index >= 15 is 0 Å². The number of benzene rings is 2. The molecule has 0 heterocycles. The number of aryl methyl sites for hydroxylation is 2. The number of carbonyl (C=O) groups is 2. The van der Waals surface area contributed by atoms with Crippen LogP contribution in [-0.2, 0) is 0 Å². The van der Waals surface area contributed by atoms with Gasteiger partial charge < -0.3 is 9.84 Å². The highest BCUT2D eigenvalue weighted by Crippen LogP contribution is 2.28. The molecule has 2 rings (SSSR count). The zero-order chi connectivity index (χ0) is 24.1. The lowest BCUT2D eigenvalue weighted by molar-refractivity contribution is 0.0284. The van der Waals surface area contributed by atoms with Crippen molar-refractivity contribution in [1.29, 1.82) is 0 Å². The summed E-state index contributed by atoms with van der Waals surface area (Å²) >= 11 is 0. The van der Waals surface area contributed by atoms with Gasteiger partial charge in [-0.3, -0.25) is 15.0 Å². The lowest BCUT2D eigenvalue weighted by Gasteiger charge is -2.39. The minimum Gasteiger partial charge on any atom is -0.491 e. The van der Waals surface area contributed by atoms with Crippen molar-refractivity contribution in [3.05, 3.63) is 64.2 Å². The standard InChI is InChI=1S/C26H36N2O4/c1-8-23(26(5,6)7)28(25(31)20-15-17(2)14-18(3)16-20)27-24(30)21-10-9-11-22(19(21)4)32-13-12-29/h9-11,14-16,23,29H,8,12-13H2,1-7H3,(H,27,30)/t23-/m1/s1. The Hall–Kier alpha value is -2.86. The predicted octanol–water partition coefficient (Wildman–Crippen LogP) is 4.59. The van der Waals surface area contributed by atoms with Crippen LogP contribution in [0.3, 0.4) is 0 Å². The highest BCUT2D eigenvalue weighted by atomic mass is 16.5. The quantitative estimate of drug-likeness (QED) is 0.617. The minimum atomic E-state index is -0.377. The monoisotopic (exact) mass is 440 g/mol. The van der Waals surface area contributed by atoms with Gasteiger partial charge in [-0.25, -0.2) is 5.01 Å². The third-order valence-electron chi connectivity index (χ3n) is 5.49. The van der Waals surface area contributed by atoms with Gasteiger partial charge in [0.1, 0.15) is 12.4 Å². The van der Waals surface area contributed by atoms with Crippen molar-refractivity contribution in [2.45, 2.75) is 60.9 Å². The maximum Gasteiger partial charge on any atom is 0.272 e. The van der Waals surface area contributed by atoms with Crippen LogP contribution in [0.1, 0.15) is 71.5 Å². The molecule has 0 aromatic heterocycles. The van der Waals surface area contributed by atoms with Gasteiger partial charge in [0.2, 0.25) is 0 Å². The molecule has 2 N–H and O–H groups in total. The van der Waals surface area contributed by atoms with Crippen molar-refractivity contribution in [3.63, 3.8) is 0 Å². The van der Waals surface area contributed by atoms with Crippen molar-refractivity contribution in [2.24, 2.45) is 5.41 Å². The molecule has 0 aliphatic carbocycles. The maximum absolute atomic E-state index is 13.6. The summed E-state index contributed by atoms with van der Waals surface area (Å²) in [5.41, 5.74) is 6.24. The van der Waals surface area contributed by atoms with E-state index in [9.17, 15) is 9.59 Å². The number of carbonyl (C=O) groups excluding carboxylic acids is 2. The topological polar surface area (TPSA) is 78.9 Å². The molecule has 2 aromatic rings. The molecule has 2 aromatic carbocycles. The molecule has 1 atom stereocenters. The lowest BCUT2D eigenvalue weighted by atomic mass is 9.84. The van der Waals surface area contributed by atoms with Crippen molar-refractivity contribution >= 4 is 11.8 Å². The van der Waals surface area contributed by atoms with Gasteiger partial charge in [-0.1, -0.05) is 51.0 Å². The maximum atomic E-state index is 13.6. The fraction of sp³-hybridized carbons (Fsp3) is 0.462. The number of rotatable bonds is 7. The number of aliphatic hydroxyl groups is 1. The fourth-order valence-corrected chi connectivity index (χ4v) is 4.03. The zero-order valence-corrected chi connectivity index (χ0v) is 20.3. The minimum absolute atomic E-state index is 0.113. The van der Waals surface area contributed by atoms with Gasteiger partial charge in [0, 0.05) is 16.7 Å². The summed E-state index contributed by atoms with van der Waals surface area (Å²) in [6, 6.07) is 10.7. The van der Waals surface area contributed by atoms with E-state index in [-0.39, 0.29) is 36.5 Å². The van der Waals surface area contributed by atoms with E-state index in [4.69, 9.17) is 9.84 Å². The Morgan fingerprint density at radius 3 is 2.25 bits per heavy atom. The second kappa shape index (κ2) is 10.6. The van der Waals surface area contributed by atoms with Gasteiger partial charge in [-0.05, 0) is 56.9 Å². The molecule has 0 saturated carbocycles. The Kier molecular flexibility index (Phi) is 8.44. The Morgan fingerprint density at radius 1 is 1.09 bits per heavy atom. The molecule has 174 valence electrons. The molecule has 32 heavy (non-hydrogen) atoms. The molecule has 0 saturated heterocycles. The molecule has 0 aliphatic rings. The molecule has 0 spiro atoms. The van der Waals surface area contributed by atoms with Crippen molar-refractivity contribution in [1.82, 2.24) is 10.4 Å². The van der Waals surface area contributed by atoms with Crippen LogP contribution in [0.4, 0.5) is 0 Å². The Bertz CT molecular complexity index is 943. The number of hydrogen-bond donors (Lipinski definition) is 2. The van der Waals surface area contributed by atoms with E-state index in [1.165, 1.54) is 5.01 Å². The predicted molar refractivity (Wildman–Crippen MR) is 127 cm³/mol. The molecule has 6 heteroatoms. The van der Waals surface area contributed by atoms with Crippen LogP contribution in [0.2, 0.25) is 0 Å². The van der Waals surface area contributed by atoms with E-state index < -0.39 is 0 Å². The van der Waals surface area contributed by atoms with Crippen LogP contribution in [0, 0.1) is 26.2 Å². The van der Waals surface area contributed by atoms with Gasteiger partial charge in [-0.2, -0.15) is 0 Å². The molecular formula is C26H36N2O4. The fourth-order valence-electron chi connectivity index (χ4n) is 4.03. The number of hydrogen-bond acceptors (Lipinski definition) is 4. The molecule has 2 amide bonds. The summed E-state index contributed by atoms with van der Waals surface area (Å²) in [4.78, 5) is 26.9. The van der Waals surface area contributed by atoms with E-state index in [0.717, 1.165) is 11.1 Å². The third kappa shape index (κ3) is 6.10. The summed E-state index contributed by atoms with van der Waals surface area (Å²) in [6.07, 6.45) is 0.680. The Morgan fingerprint density at radius 2 is 1.72 bits per heavy atom. The Balaban J connectivity index is 2.45. The van der Waals surface area contributed by atoms with E-state index in [0.29, 0.717) is 28.9 Å². The van der Waals surface area contributed by atoms with Crippen molar-refractivity contribution < 1.29 is 19.4 Å². The van der Waals surface area contributed by atoms with Crippen LogP contribution in [-0.4, -0.2) is 41.2 Å². The van der Waals surface area contributed by atoms with Crippen LogP contribution in [0.5, 0.6) is 5.75 Å². The van der Waals surface area contributed by atoms with Gasteiger partial charge >= 0.3 is 0 Å². The molecule has 0 radical (unpaired) electrons. The highest BCUT2D eigenvalue weighted by molar-refractivity contribution is 6.00. The molecule has 6 nitrogen and oxygen atoms in total. The van der Waals surface area contributed by atoms with Gasteiger partial charge in [-0.15, -0.1) is 0 Å². The van der Waals surface area contributed by atoms with Gasteiger partial charge in [0.15, 0.2) is 0 Å². The zero-order valence-electron chi connectivity index (χ0n) is 20.3. The molecule has 0 unspecified atom stereocenters. The molecular weight excluding hydrogens is 404 g/mol. The lowest BCUT2D eigenvalue weighted by Crippen LogP contribution is -2.56. The van der Waals surface area contributed by atoms with Gasteiger partial charge in [0.25, 0.3) is 11.8 Å². The average Bonchev–Trinajstić information content (AvgIpc) is 2.70. The summed E-state index contributed by atoms with van der Waals surface area (Å²) < 4.78 is 5.54. The van der Waals surface area contributed by atoms with Crippen LogP contribution >= 0.6 is 0 Å². The average molecular weight is 441 g/mol. The number of ether oxygens (including phenoxy) is 1. The summed E-state index contributed by atoms with van der Waals surface area (Å²) in [5.74, 6) is -0.0867. The first kappa shape index (κ1) is 25.4. The smallest absolute Gasteiger partial charge is 0.272 e. The van der Waals surface area contributed by atoms with Crippen LogP contribution < -0.4 is 10.2 Å². The molecule has 0 bridgehead atoms. The first-order chi connectivity index (χ1) is 15.0. The Labute approximate surface area is 191 Å². The van der Waals surface area contributed by atoms with Crippen LogP contribution in [0.25, 0.3) is 0 Å². The normalized spacial score (nSPS) is 12.2. The molecule has 0 fully saturated rings. The largest absolute Gasteiger partial charge is 0.491 e. The number of hydrazine groups is 1.